The smallest absolute Gasteiger partial charge is 0.373 e. The Kier molecular flexibility index (Phi) is 3.17. The topological polar surface area (TPSA) is 85.1 Å². The van der Waals surface area contributed by atoms with Crippen molar-refractivity contribution in [3.05, 3.63) is 11.8 Å². The molecule has 2 fully saturated rings. The fourth-order valence-corrected chi connectivity index (χ4v) is 2.71. The summed E-state index contributed by atoms with van der Waals surface area (Å²) in [5.41, 5.74) is 1.01. The minimum absolute atomic E-state index is 0.0182. The van der Waals surface area contributed by atoms with Crippen molar-refractivity contribution in [2.24, 2.45) is 5.84 Å². The van der Waals surface area contributed by atoms with Gasteiger partial charge in [-0.05, 0) is 19.3 Å². The Morgan fingerprint density at radius 1 is 1.30 bits per heavy atom. The van der Waals surface area contributed by atoms with Crippen molar-refractivity contribution in [3.8, 4) is 0 Å². The van der Waals surface area contributed by atoms with Crippen LogP contribution in [-0.2, 0) is 10.9 Å². The maximum atomic E-state index is 12.7. The number of aromatic nitrogens is 2. The van der Waals surface area contributed by atoms with Gasteiger partial charge < -0.3 is 10.1 Å². The van der Waals surface area contributed by atoms with E-state index < -0.39 is 11.9 Å². The largest absolute Gasteiger partial charge is 0.433 e. The highest BCUT2D eigenvalue weighted by Gasteiger charge is 2.41. The molecule has 9 heteroatoms. The molecule has 0 aromatic carbocycles. The summed E-state index contributed by atoms with van der Waals surface area (Å²) in [6.07, 6.45) is -1.60. The highest BCUT2D eigenvalue weighted by atomic mass is 19.4. The predicted octanol–water partition coefficient (Wildman–Crippen LogP) is 1.51. The third-order valence-electron chi connectivity index (χ3n) is 3.58. The first kappa shape index (κ1) is 13.4. The summed E-state index contributed by atoms with van der Waals surface area (Å²) < 4.78 is 43.9. The lowest BCUT2D eigenvalue weighted by Gasteiger charge is -2.21. The van der Waals surface area contributed by atoms with Crippen molar-refractivity contribution < 1.29 is 17.9 Å². The maximum Gasteiger partial charge on any atom is 0.433 e. The third-order valence-corrected chi connectivity index (χ3v) is 3.58. The van der Waals surface area contributed by atoms with Gasteiger partial charge in [-0.15, -0.1) is 0 Å². The fourth-order valence-electron chi connectivity index (χ4n) is 2.71. The molecule has 2 saturated heterocycles. The average molecular weight is 289 g/mol. The first-order chi connectivity index (χ1) is 9.45. The highest BCUT2D eigenvalue weighted by molar-refractivity contribution is 5.44. The number of ether oxygens (including phenoxy) is 1. The fraction of sp³-hybridized carbons (Fsp3) is 0.636. The van der Waals surface area contributed by atoms with E-state index in [1.807, 2.05) is 5.43 Å². The summed E-state index contributed by atoms with van der Waals surface area (Å²) >= 11 is 0. The van der Waals surface area contributed by atoms with Gasteiger partial charge in [-0.1, -0.05) is 0 Å². The van der Waals surface area contributed by atoms with Crippen LogP contribution in [0.5, 0.6) is 0 Å². The summed E-state index contributed by atoms with van der Waals surface area (Å²) in [6.45, 7) is 0. The molecule has 0 spiro atoms. The molecule has 6 nitrogen and oxygen atoms in total. The summed E-state index contributed by atoms with van der Waals surface area (Å²) in [5.74, 6) is 4.93. The molecule has 3 unspecified atom stereocenters. The van der Waals surface area contributed by atoms with Crippen molar-refractivity contribution in [1.29, 1.82) is 0 Å². The molecule has 1 aromatic heterocycles. The van der Waals surface area contributed by atoms with E-state index in [0.717, 1.165) is 25.3 Å². The number of alkyl halides is 3. The Morgan fingerprint density at radius 2 is 2.10 bits per heavy atom. The lowest BCUT2D eigenvalue weighted by atomic mass is 9.95. The van der Waals surface area contributed by atoms with Crippen LogP contribution in [0.25, 0.3) is 0 Å². The van der Waals surface area contributed by atoms with Gasteiger partial charge in [0.25, 0.3) is 0 Å². The van der Waals surface area contributed by atoms with Crippen molar-refractivity contribution in [3.63, 3.8) is 0 Å². The van der Waals surface area contributed by atoms with Crippen LogP contribution in [-0.4, -0.2) is 28.2 Å². The minimum atomic E-state index is -4.55. The lowest BCUT2D eigenvalue weighted by molar-refractivity contribution is -0.141. The molecule has 2 aliphatic heterocycles. The number of nitrogen functional groups attached to an aromatic ring is 1. The summed E-state index contributed by atoms with van der Waals surface area (Å²) in [4.78, 5) is 7.20. The third kappa shape index (κ3) is 2.50. The molecule has 0 radical (unpaired) electrons. The first-order valence-electron chi connectivity index (χ1n) is 6.30. The van der Waals surface area contributed by atoms with E-state index in [2.05, 4.69) is 15.3 Å². The van der Waals surface area contributed by atoms with Crippen molar-refractivity contribution in [2.75, 3.05) is 10.7 Å². The Hall–Kier alpha value is -1.61. The summed E-state index contributed by atoms with van der Waals surface area (Å²) in [7, 11) is 0. The maximum absolute atomic E-state index is 12.7. The molecule has 3 heterocycles. The van der Waals surface area contributed by atoms with E-state index in [1.54, 1.807) is 0 Å². The zero-order chi connectivity index (χ0) is 14.3. The zero-order valence-corrected chi connectivity index (χ0v) is 10.4. The van der Waals surface area contributed by atoms with Crippen molar-refractivity contribution >= 4 is 11.8 Å². The molecule has 0 amide bonds. The number of nitrogens with two attached hydrogens (primary N) is 1. The summed E-state index contributed by atoms with van der Waals surface area (Å²) in [5, 5.41) is 2.99. The number of rotatable bonds is 3. The molecule has 2 bridgehead atoms. The average Bonchev–Trinajstić information content (AvgIpc) is 2.99. The molecule has 110 valence electrons. The Bertz CT molecular complexity index is 509. The summed E-state index contributed by atoms with van der Waals surface area (Å²) in [6, 6.07) is 0.864. The molecule has 0 saturated carbocycles. The molecular weight excluding hydrogens is 275 g/mol. The molecule has 2 aliphatic rings. The second-order valence-corrected chi connectivity index (χ2v) is 4.96. The molecule has 3 atom stereocenters. The molecule has 4 N–H and O–H groups in total. The van der Waals surface area contributed by atoms with Crippen LogP contribution < -0.4 is 16.6 Å². The van der Waals surface area contributed by atoms with Gasteiger partial charge in [0.1, 0.15) is 5.82 Å². The van der Waals surface area contributed by atoms with E-state index in [9.17, 15) is 13.2 Å². The van der Waals surface area contributed by atoms with Crippen LogP contribution in [0.15, 0.2) is 6.07 Å². The van der Waals surface area contributed by atoms with Crippen LogP contribution in [0, 0.1) is 0 Å². The van der Waals surface area contributed by atoms with Gasteiger partial charge >= 0.3 is 6.18 Å². The Balaban J connectivity index is 1.82. The first-order valence-corrected chi connectivity index (χ1v) is 6.30. The van der Waals surface area contributed by atoms with Gasteiger partial charge in [0.05, 0.1) is 18.2 Å². The quantitative estimate of drug-likeness (QED) is 0.578. The molecular formula is C11H14F3N5O. The normalized spacial score (nSPS) is 28.7. The van der Waals surface area contributed by atoms with Crippen LogP contribution in [0.4, 0.5) is 24.9 Å². The second kappa shape index (κ2) is 4.74. The van der Waals surface area contributed by atoms with E-state index in [-0.39, 0.29) is 30.0 Å². The second-order valence-electron chi connectivity index (χ2n) is 4.96. The molecule has 20 heavy (non-hydrogen) atoms. The number of hydrazine groups is 1. The SMILES string of the molecule is NNc1nc(NC2CC3CCC2O3)cc(C(F)(F)F)n1. The lowest BCUT2D eigenvalue weighted by Crippen LogP contribution is -2.31. The van der Waals surface area contributed by atoms with E-state index >= 15 is 0 Å². The Morgan fingerprint density at radius 3 is 2.65 bits per heavy atom. The number of hydrogen-bond acceptors (Lipinski definition) is 6. The number of halogens is 3. The molecule has 1 aromatic rings. The minimum Gasteiger partial charge on any atom is -0.373 e. The number of fused-ring (bicyclic) bond motifs is 2. The van der Waals surface area contributed by atoms with Crippen molar-refractivity contribution in [2.45, 2.75) is 43.7 Å². The standard InChI is InChI=1S/C11H14F3N5O/c12-11(13,14)8-4-9(18-10(17-8)19-15)16-6-3-5-1-2-7(6)20-5/h4-7H,1-3,15H2,(H2,16,17,18,19). The number of nitrogens with zero attached hydrogens (tertiary/aromatic N) is 2. The number of nitrogens with one attached hydrogen (secondary N) is 2. The van der Waals surface area contributed by atoms with Crippen LogP contribution in [0.3, 0.4) is 0 Å². The van der Waals surface area contributed by atoms with Crippen molar-refractivity contribution in [1.82, 2.24) is 9.97 Å². The van der Waals surface area contributed by atoms with Gasteiger partial charge in [0.2, 0.25) is 5.95 Å². The zero-order valence-electron chi connectivity index (χ0n) is 10.4. The van der Waals surface area contributed by atoms with E-state index in [1.165, 1.54) is 0 Å². The van der Waals surface area contributed by atoms with Gasteiger partial charge in [-0.25, -0.2) is 10.8 Å². The monoisotopic (exact) mass is 289 g/mol. The van der Waals surface area contributed by atoms with Gasteiger partial charge in [-0.3, -0.25) is 5.43 Å². The van der Waals surface area contributed by atoms with E-state index in [4.69, 9.17) is 10.6 Å². The number of anilines is 2. The van der Waals surface area contributed by atoms with Gasteiger partial charge in [-0.2, -0.15) is 18.2 Å². The van der Waals surface area contributed by atoms with Crippen LogP contribution in [0.2, 0.25) is 0 Å². The molecule has 0 aliphatic carbocycles. The van der Waals surface area contributed by atoms with Gasteiger partial charge in [0.15, 0.2) is 5.69 Å². The predicted molar refractivity (Wildman–Crippen MR) is 64.8 cm³/mol. The van der Waals surface area contributed by atoms with Gasteiger partial charge in [0, 0.05) is 6.07 Å². The Labute approximate surface area is 112 Å². The molecule has 3 rings (SSSR count). The van der Waals surface area contributed by atoms with E-state index in [0.29, 0.717) is 0 Å². The van der Waals surface area contributed by atoms with Crippen LogP contribution >= 0.6 is 0 Å². The van der Waals surface area contributed by atoms with Crippen LogP contribution in [0.1, 0.15) is 25.0 Å². The number of hydrogen-bond donors (Lipinski definition) is 3. The highest BCUT2D eigenvalue weighted by Crippen LogP contribution is 2.36.